The number of pyridine rings is 1. The minimum absolute atomic E-state index is 0.125. The fourth-order valence-corrected chi connectivity index (χ4v) is 5.99. The first-order valence-corrected chi connectivity index (χ1v) is 12.8. The van der Waals surface area contributed by atoms with Crippen molar-refractivity contribution in [3.63, 3.8) is 0 Å². The Hall–Kier alpha value is -1.71. The Bertz CT molecular complexity index is 799. The van der Waals surface area contributed by atoms with Gasteiger partial charge in [-0.3, -0.25) is 9.69 Å². The predicted octanol–water partition coefficient (Wildman–Crippen LogP) is 2.27. The Morgan fingerprint density at radius 3 is 2.19 bits per heavy atom. The van der Waals surface area contributed by atoms with Gasteiger partial charge in [0.1, 0.15) is 10.7 Å². The molecule has 1 aliphatic rings. The number of nitrogens with zero attached hydrogens (tertiary/aromatic N) is 5. The van der Waals surface area contributed by atoms with E-state index in [1.165, 1.54) is 10.5 Å². The van der Waals surface area contributed by atoms with Crippen LogP contribution in [0.25, 0.3) is 0 Å². The number of hydrogen-bond donors (Lipinski definition) is 0. The van der Waals surface area contributed by atoms with E-state index in [1.54, 1.807) is 12.1 Å². The molecule has 0 radical (unpaired) electrons. The summed E-state index contributed by atoms with van der Waals surface area (Å²) in [7, 11) is -3.59. The van der Waals surface area contributed by atoms with Gasteiger partial charge in [-0.2, -0.15) is 4.31 Å². The first-order valence-electron chi connectivity index (χ1n) is 11.4. The summed E-state index contributed by atoms with van der Waals surface area (Å²) < 4.78 is 27.6. The fourth-order valence-electron chi connectivity index (χ4n) is 4.21. The number of likely N-dealkylation sites (N-methyl/N-ethyl adjacent to an activating group) is 1. The quantitative estimate of drug-likeness (QED) is 0.571. The van der Waals surface area contributed by atoms with Crippen LogP contribution in [-0.4, -0.2) is 91.3 Å². The van der Waals surface area contributed by atoms with E-state index < -0.39 is 10.0 Å². The molecule has 0 spiro atoms. The first kappa shape index (κ1) is 25.5. The van der Waals surface area contributed by atoms with Crippen molar-refractivity contribution in [1.82, 2.24) is 19.1 Å². The molecule has 1 aromatic heterocycles. The largest absolute Gasteiger partial charge is 0.355 e. The Morgan fingerprint density at radius 2 is 1.68 bits per heavy atom. The van der Waals surface area contributed by atoms with Crippen LogP contribution in [0.15, 0.2) is 23.2 Å². The van der Waals surface area contributed by atoms with Gasteiger partial charge < -0.3 is 9.80 Å². The van der Waals surface area contributed by atoms with Crippen molar-refractivity contribution in [1.29, 1.82) is 0 Å². The lowest BCUT2D eigenvalue weighted by molar-refractivity contribution is -0.132. The van der Waals surface area contributed by atoms with Crippen LogP contribution < -0.4 is 4.90 Å². The standard InChI is InChI=1S/C22H39N5O3S/c1-7-25(8-2)22(28)17-24-12-9-13-26(15-14-24)21-11-10-20(16-23-21)31(29,30)27(18(3)4)19(5)6/h10-11,16,18-19H,7-9,12-15,17H2,1-6H3. The van der Waals surface area contributed by atoms with E-state index in [0.29, 0.717) is 6.54 Å². The highest BCUT2D eigenvalue weighted by atomic mass is 32.2. The molecular weight excluding hydrogens is 414 g/mol. The summed E-state index contributed by atoms with van der Waals surface area (Å²) in [6, 6.07) is 3.20. The number of anilines is 1. The molecular formula is C22H39N5O3S. The number of aromatic nitrogens is 1. The fraction of sp³-hybridized carbons (Fsp3) is 0.727. The average molecular weight is 454 g/mol. The molecule has 1 aromatic rings. The lowest BCUT2D eigenvalue weighted by Crippen LogP contribution is -2.42. The second-order valence-corrected chi connectivity index (χ2v) is 10.4. The number of carbonyl (C=O) groups excluding carboxylic acids is 1. The van der Waals surface area contributed by atoms with Crippen molar-refractivity contribution in [3.8, 4) is 0 Å². The summed E-state index contributed by atoms with van der Waals surface area (Å²) in [5.41, 5.74) is 0. The summed E-state index contributed by atoms with van der Waals surface area (Å²) in [5, 5.41) is 0. The van der Waals surface area contributed by atoms with E-state index >= 15 is 0 Å². The van der Waals surface area contributed by atoms with Crippen LogP contribution in [0.3, 0.4) is 0 Å². The van der Waals surface area contributed by atoms with Gasteiger partial charge in [-0.15, -0.1) is 0 Å². The highest BCUT2D eigenvalue weighted by Crippen LogP contribution is 2.22. The summed E-state index contributed by atoms with van der Waals surface area (Å²) >= 11 is 0. The number of hydrogen-bond acceptors (Lipinski definition) is 6. The molecule has 0 aliphatic carbocycles. The van der Waals surface area contributed by atoms with Crippen LogP contribution in [0.5, 0.6) is 0 Å². The molecule has 1 amide bonds. The normalized spacial score (nSPS) is 16.2. The van der Waals surface area contributed by atoms with E-state index in [1.807, 2.05) is 46.4 Å². The van der Waals surface area contributed by atoms with Gasteiger partial charge in [-0.1, -0.05) is 0 Å². The zero-order valence-corrected chi connectivity index (χ0v) is 20.7. The van der Waals surface area contributed by atoms with Crippen LogP contribution in [0, 0.1) is 0 Å². The van der Waals surface area contributed by atoms with Gasteiger partial charge in [0, 0.05) is 57.5 Å². The molecule has 31 heavy (non-hydrogen) atoms. The van der Waals surface area contributed by atoms with Crippen LogP contribution in [0.1, 0.15) is 48.0 Å². The van der Waals surface area contributed by atoms with Gasteiger partial charge >= 0.3 is 0 Å². The van der Waals surface area contributed by atoms with Crippen LogP contribution in [0.4, 0.5) is 5.82 Å². The zero-order valence-electron chi connectivity index (χ0n) is 19.9. The molecule has 0 unspecified atom stereocenters. The molecule has 0 atom stereocenters. The van der Waals surface area contributed by atoms with E-state index in [-0.39, 0.29) is 22.9 Å². The number of amides is 1. The first-order chi connectivity index (χ1) is 14.6. The van der Waals surface area contributed by atoms with Crippen LogP contribution in [-0.2, 0) is 14.8 Å². The lowest BCUT2D eigenvalue weighted by atomic mass is 10.3. The molecule has 2 rings (SSSR count). The maximum Gasteiger partial charge on any atom is 0.245 e. The summed E-state index contributed by atoms with van der Waals surface area (Å²) in [5.74, 6) is 0.947. The molecule has 8 nitrogen and oxygen atoms in total. The van der Waals surface area contributed by atoms with Crippen molar-refractivity contribution in [2.24, 2.45) is 0 Å². The number of carbonyl (C=O) groups is 1. The monoisotopic (exact) mass is 453 g/mol. The SMILES string of the molecule is CCN(CC)C(=O)CN1CCCN(c2ccc(S(=O)(=O)N(C(C)C)C(C)C)cn2)CC1. The van der Waals surface area contributed by atoms with Crippen molar-refractivity contribution < 1.29 is 13.2 Å². The van der Waals surface area contributed by atoms with Crippen molar-refractivity contribution in [2.45, 2.75) is 64.9 Å². The second-order valence-electron chi connectivity index (χ2n) is 8.56. The Balaban J connectivity index is 2.06. The van der Waals surface area contributed by atoms with Gasteiger partial charge in [0.05, 0.1) is 6.54 Å². The average Bonchev–Trinajstić information content (AvgIpc) is 2.93. The summed E-state index contributed by atoms with van der Waals surface area (Å²) in [6.07, 6.45) is 2.40. The van der Waals surface area contributed by atoms with Gasteiger partial charge in [0.15, 0.2) is 0 Å². The highest BCUT2D eigenvalue weighted by Gasteiger charge is 2.30. The molecule has 2 heterocycles. The molecule has 0 saturated carbocycles. The van der Waals surface area contributed by atoms with Crippen molar-refractivity contribution >= 4 is 21.7 Å². The molecule has 0 bridgehead atoms. The molecule has 0 N–H and O–H groups in total. The van der Waals surface area contributed by atoms with E-state index in [2.05, 4.69) is 14.8 Å². The molecule has 0 aromatic carbocycles. The smallest absolute Gasteiger partial charge is 0.245 e. The third-order valence-electron chi connectivity index (χ3n) is 5.70. The Morgan fingerprint density at radius 1 is 1.03 bits per heavy atom. The summed E-state index contributed by atoms with van der Waals surface area (Å²) in [4.78, 5) is 23.3. The van der Waals surface area contributed by atoms with Crippen molar-refractivity contribution in [3.05, 3.63) is 18.3 Å². The third-order valence-corrected chi connectivity index (χ3v) is 7.94. The van der Waals surface area contributed by atoms with Crippen LogP contribution in [0.2, 0.25) is 0 Å². The van der Waals surface area contributed by atoms with Gasteiger partial charge in [0.2, 0.25) is 15.9 Å². The van der Waals surface area contributed by atoms with Gasteiger partial charge in [-0.05, 0) is 60.1 Å². The molecule has 9 heteroatoms. The summed E-state index contributed by atoms with van der Waals surface area (Å²) in [6.45, 7) is 16.7. The lowest BCUT2D eigenvalue weighted by Gasteiger charge is -2.29. The van der Waals surface area contributed by atoms with Gasteiger partial charge in [-0.25, -0.2) is 13.4 Å². The van der Waals surface area contributed by atoms with Crippen LogP contribution >= 0.6 is 0 Å². The molecule has 1 fully saturated rings. The highest BCUT2D eigenvalue weighted by molar-refractivity contribution is 7.89. The van der Waals surface area contributed by atoms with Gasteiger partial charge in [0.25, 0.3) is 0 Å². The maximum atomic E-state index is 13.0. The molecule has 1 aliphatic heterocycles. The van der Waals surface area contributed by atoms with E-state index in [4.69, 9.17) is 0 Å². The predicted molar refractivity (Wildman–Crippen MR) is 125 cm³/mol. The molecule has 1 saturated heterocycles. The van der Waals surface area contributed by atoms with E-state index in [0.717, 1.165) is 51.5 Å². The third kappa shape index (κ3) is 6.40. The minimum Gasteiger partial charge on any atom is -0.355 e. The Kier molecular flexibility index (Phi) is 9.27. The van der Waals surface area contributed by atoms with Crippen molar-refractivity contribution in [2.75, 3.05) is 50.7 Å². The minimum atomic E-state index is -3.59. The topological polar surface area (TPSA) is 77.1 Å². The number of rotatable bonds is 9. The Labute approximate surface area is 188 Å². The second kappa shape index (κ2) is 11.2. The zero-order chi connectivity index (χ0) is 23.2. The maximum absolute atomic E-state index is 13.0. The molecule has 176 valence electrons. The number of sulfonamides is 1. The van der Waals surface area contributed by atoms with E-state index in [9.17, 15) is 13.2 Å².